The Hall–Kier alpha value is -8.00. The van der Waals surface area contributed by atoms with Gasteiger partial charge in [-0.25, -0.2) is 54.1 Å². The predicted molar refractivity (Wildman–Crippen MR) is 256 cm³/mol. The molecule has 0 aliphatic carbocycles. The third-order valence-corrected chi connectivity index (χ3v) is 14.1. The van der Waals surface area contributed by atoms with Crippen LogP contribution in [0, 0.1) is 19.7 Å². The molecule has 0 aliphatic heterocycles. The molecular formula is C47H42F7N11O6S2. The molecule has 2 atom stereocenters. The third kappa shape index (κ3) is 12.4. The maximum absolute atomic E-state index is 14.4. The van der Waals surface area contributed by atoms with Crippen LogP contribution in [0.4, 0.5) is 42.4 Å². The molecule has 6 heterocycles. The van der Waals surface area contributed by atoms with E-state index in [-0.39, 0.29) is 32.7 Å². The molecule has 0 aliphatic rings. The van der Waals surface area contributed by atoms with E-state index in [0.717, 1.165) is 25.3 Å². The van der Waals surface area contributed by atoms with Crippen LogP contribution < -0.4 is 21.3 Å². The Balaban J connectivity index is 0.000000214. The van der Waals surface area contributed by atoms with Crippen molar-refractivity contribution in [1.29, 1.82) is 0 Å². The second-order valence-corrected chi connectivity index (χ2v) is 19.9. The lowest BCUT2D eigenvalue weighted by atomic mass is 10.1. The lowest BCUT2D eigenvalue weighted by Gasteiger charge is -2.16. The number of hydrogen-bond acceptors (Lipinski definition) is 13. The first-order valence-corrected chi connectivity index (χ1v) is 24.5. The number of nitrogens with one attached hydrogen (secondary N) is 4. The largest absolute Gasteiger partial charge is 0.405 e. The van der Waals surface area contributed by atoms with Crippen molar-refractivity contribution in [2.45, 2.75) is 61.9 Å². The van der Waals surface area contributed by atoms with Gasteiger partial charge in [-0.2, -0.15) is 26.3 Å². The molecule has 26 heteroatoms. The average molecular weight is 1050 g/mol. The first-order chi connectivity index (χ1) is 34.3. The summed E-state index contributed by atoms with van der Waals surface area (Å²) in [6.45, 7) is 3.39. The molecule has 0 spiro atoms. The van der Waals surface area contributed by atoms with Crippen LogP contribution >= 0.6 is 0 Å². The van der Waals surface area contributed by atoms with Gasteiger partial charge in [0, 0.05) is 46.7 Å². The quantitative estimate of drug-likeness (QED) is 0.0765. The Kier molecular flexibility index (Phi) is 15.2. The lowest BCUT2D eigenvalue weighted by Crippen LogP contribution is -2.42. The first-order valence-electron chi connectivity index (χ1n) is 21.6. The molecule has 8 rings (SSSR count). The van der Waals surface area contributed by atoms with E-state index in [1.165, 1.54) is 75.0 Å². The maximum atomic E-state index is 14.4. The zero-order valence-electron chi connectivity index (χ0n) is 38.7. The van der Waals surface area contributed by atoms with E-state index in [9.17, 15) is 57.2 Å². The van der Waals surface area contributed by atoms with Crippen molar-refractivity contribution >= 4 is 65.6 Å². The van der Waals surface area contributed by atoms with Gasteiger partial charge < -0.3 is 21.3 Å². The van der Waals surface area contributed by atoms with Crippen molar-refractivity contribution in [2.75, 3.05) is 23.7 Å². The number of nitrogens with zero attached hydrogens (tertiary/aromatic N) is 7. The summed E-state index contributed by atoms with van der Waals surface area (Å²) in [6, 6.07) is 21.8. The van der Waals surface area contributed by atoms with Crippen molar-refractivity contribution in [1.82, 2.24) is 43.5 Å². The minimum atomic E-state index is -4.60. The number of hydrogen-bond donors (Lipinski definition) is 4. The minimum Gasteiger partial charge on any atom is -0.359 e. The number of rotatable bonds is 14. The summed E-state index contributed by atoms with van der Waals surface area (Å²) >= 11 is 0. The number of benzene rings is 2. The van der Waals surface area contributed by atoms with Gasteiger partial charge in [0.25, 0.3) is 20.0 Å². The molecule has 73 heavy (non-hydrogen) atoms. The molecule has 0 unspecified atom stereocenters. The first kappa shape index (κ1) is 52.8. The van der Waals surface area contributed by atoms with Crippen LogP contribution in [-0.2, 0) is 29.6 Å². The van der Waals surface area contributed by atoms with Gasteiger partial charge in [0.1, 0.15) is 31.0 Å². The average Bonchev–Trinajstić information content (AvgIpc) is 4.00. The van der Waals surface area contributed by atoms with Crippen molar-refractivity contribution in [3.8, 4) is 22.6 Å². The topological polar surface area (TPSA) is 225 Å². The van der Waals surface area contributed by atoms with Crippen molar-refractivity contribution in [2.24, 2.45) is 0 Å². The Labute approximate surface area is 412 Å². The van der Waals surface area contributed by atoms with Crippen LogP contribution in [-0.4, -0.2) is 99.0 Å². The van der Waals surface area contributed by atoms with E-state index in [2.05, 4.69) is 35.6 Å². The number of carbonyl (C=O) groups excluding carboxylic acids is 2. The SMILES string of the molecule is Cc1ccc(S(=O)(=O)n2ccc3c(-c4cccc(N[C@@H](C)C(=O)NCC(F)(F)F)n4)ccnc32)cc1.Cc1ccc(S(=O)(=O)n2ccc3c(-c4ncc(F)c(N[C@@H](C)C(=O)NCC(F)(F)F)n4)ccnc32)cc1. The fourth-order valence-corrected chi connectivity index (χ4v) is 9.59. The number of anilines is 2. The van der Waals surface area contributed by atoms with Crippen LogP contribution in [0.5, 0.6) is 0 Å². The summed E-state index contributed by atoms with van der Waals surface area (Å²) in [7, 11) is -7.87. The van der Waals surface area contributed by atoms with Gasteiger partial charge in [-0.15, -0.1) is 0 Å². The normalized spacial score (nSPS) is 12.9. The van der Waals surface area contributed by atoms with Crippen LogP contribution in [0.15, 0.2) is 132 Å². The highest BCUT2D eigenvalue weighted by molar-refractivity contribution is 7.90. The summed E-state index contributed by atoms with van der Waals surface area (Å²) in [5.74, 6) is -2.96. The highest BCUT2D eigenvalue weighted by atomic mass is 32.2. The number of pyridine rings is 3. The molecule has 0 saturated heterocycles. The standard InChI is InChI=1S/C24H22F3N5O3S.C23H20F4N6O3S/c1-15-6-8-17(9-7-15)36(34,35)32-13-11-19-18(10-12-28-22(19)32)20-4-3-5-21(31-20)30-16(2)23(33)29-14-24(25,26)27;1-13-3-5-15(6-4-13)37(35,36)33-10-8-17-16(7-9-28-21(17)33)19-29-11-18(24)20(32-19)31-14(2)22(34)30-12-23(25,26)27/h3-13,16H,14H2,1-2H3,(H,29,33)(H,30,31);3-11,14H,12H2,1-2H3,(H,30,34)(H,29,31,32)/t16-;14-/m00/s1. The summed E-state index contributed by atoms with van der Waals surface area (Å²) in [5, 5.41) is 9.64. The lowest BCUT2D eigenvalue weighted by molar-refractivity contribution is -0.138. The minimum absolute atomic E-state index is 0.0234. The van der Waals surface area contributed by atoms with Crippen molar-refractivity contribution < 1.29 is 57.2 Å². The van der Waals surface area contributed by atoms with Crippen LogP contribution in [0.25, 0.3) is 44.7 Å². The van der Waals surface area contributed by atoms with E-state index < -0.39 is 81.0 Å². The predicted octanol–water partition coefficient (Wildman–Crippen LogP) is 7.78. The summed E-state index contributed by atoms with van der Waals surface area (Å²) in [5.41, 5.74) is 3.49. The van der Waals surface area contributed by atoms with Gasteiger partial charge in [0.15, 0.2) is 28.8 Å². The Bertz CT molecular complexity index is 3550. The second kappa shape index (κ2) is 21.0. The summed E-state index contributed by atoms with van der Waals surface area (Å²) in [4.78, 5) is 45.1. The van der Waals surface area contributed by atoms with Crippen molar-refractivity contribution in [3.05, 3.63) is 139 Å². The monoisotopic (exact) mass is 1050 g/mol. The molecule has 0 bridgehead atoms. The Morgan fingerprint density at radius 3 is 1.56 bits per heavy atom. The second-order valence-electron chi connectivity index (χ2n) is 16.2. The van der Waals surface area contributed by atoms with Crippen LogP contribution in [0.1, 0.15) is 25.0 Å². The summed E-state index contributed by atoms with van der Waals surface area (Å²) in [6.07, 6.45) is -2.73. The van der Waals surface area contributed by atoms with E-state index in [0.29, 0.717) is 27.6 Å². The molecule has 2 amide bonds. The molecule has 6 aromatic heterocycles. The number of carbonyl (C=O) groups is 2. The third-order valence-electron chi connectivity index (χ3n) is 10.7. The molecule has 4 N–H and O–H groups in total. The zero-order chi connectivity index (χ0) is 53.0. The Morgan fingerprint density at radius 1 is 0.603 bits per heavy atom. The number of aryl methyl sites for hydroxylation is 2. The molecule has 0 radical (unpaired) electrons. The van der Waals surface area contributed by atoms with Crippen molar-refractivity contribution in [3.63, 3.8) is 0 Å². The smallest absolute Gasteiger partial charge is 0.359 e. The zero-order valence-corrected chi connectivity index (χ0v) is 40.3. The number of halogens is 7. The molecule has 0 fully saturated rings. The van der Waals surface area contributed by atoms with Gasteiger partial charge in [0.2, 0.25) is 11.8 Å². The molecule has 382 valence electrons. The van der Waals surface area contributed by atoms with Crippen LogP contribution in [0.2, 0.25) is 0 Å². The fraction of sp³-hybridized carbons (Fsp3) is 0.213. The Morgan fingerprint density at radius 2 is 1.07 bits per heavy atom. The maximum Gasteiger partial charge on any atom is 0.405 e. The summed E-state index contributed by atoms with van der Waals surface area (Å²) < 4.78 is 144. The molecule has 0 saturated carbocycles. The molecule has 2 aromatic carbocycles. The highest BCUT2D eigenvalue weighted by Gasteiger charge is 2.31. The van der Waals surface area contributed by atoms with E-state index >= 15 is 0 Å². The van der Waals surface area contributed by atoms with E-state index in [4.69, 9.17) is 0 Å². The molecule has 17 nitrogen and oxygen atoms in total. The number of alkyl halides is 6. The number of aromatic nitrogens is 7. The van der Waals surface area contributed by atoms with Gasteiger partial charge >= 0.3 is 12.4 Å². The molecule has 8 aromatic rings. The molecular weight excluding hydrogens is 1010 g/mol. The highest BCUT2D eigenvalue weighted by Crippen LogP contribution is 2.32. The van der Waals surface area contributed by atoms with Crippen LogP contribution in [0.3, 0.4) is 0 Å². The van der Waals surface area contributed by atoms with Gasteiger partial charge in [-0.1, -0.05) is 41.5 Å². The number of fused-ring (bicyclic) bond motifs is 2. The number of amides is 2. The van der Waals surface area contributed by atoms with Gasteiger partial charge in [-0.05, 0) is 88.4 Å². The van der Waals surface area contributed by atoms with Gasteiger partial charge in [0.05, 0.1) is 21.7 Å². The van der Waals surface area contributed by atoms with Gasteiger partial charge in [-0.3, -0.25) is 9.59 Å². The van der Waals surface area contributed by atoms with E-state index in [1.807, 2.05) is 19.2 Å². The van der Waals surface area contributed by atoms with E-state index in [1.54, 1.807) is 59.9 Å². The fourth-order valence-electron chi connectivity index (χ4n) is 6.99.